The van der Waals surface area contributed by atoms with Crippen LogP contribution in [0.1, 0.15) is 28.4 Å². The standard InChI is InChI=1S/C17H16F3N5O/c1-11-12(9-22-25(11)14-6-4-3-5-13(14)18)16(26)23(2)10-15-21-7-8-24(15)17(19)20/h3-9,17H,10H2,1-2H3. The number of hydrogen-bond acceptors (Lipinski definition) is 3. The monoisotopic (exact) mass is 363 g/mol. The van der Waals surface area contributed by atoms with Crippen LogP contribution < -0.4 is 0 Å². The molecule has 0 bridgehead atoms. The minimum absolute atomic E-state index is 0.0648. The highest BCUT2D eigenvalue weighted by molar-refractivity contribution is 5.95. The van der Waals surface area contributed by atoms with Crippen molar-refractivity contribution in [1.29, 1.82) is 0 Å². The maximum absolute atomic E-state index is 14.0. The molecule has 0 spiro atoms. The fourth-order valence-corrected chi connectivity index (χ4v) is 2.62. The van der Waals surface area contributed by atoms with Gasteiger partial charge in [0.15, 0.2) is 0 Å². The van der Waals surface area contributed by atoms with Gasteiger partial charge in [0.05, 0.1) is 24.0 Å². The molecular formula is C17H16F3N5O. The third-order valence-corrected chi connectivity index (χ3v) is 4.01. The Morgan fingerprint density at radius 3 is 2.73 bits per heavy atom. The molecule has 3 rings (SSSR count). The van der Waals surface area contributed by atoms with Crippen LogP contribution in [0.2, 0.25) is 0 Å². The average Bonchev–Trinajstić information content (AvgIpc) is 3.21. The maximum Gasteiger partial charge on any atom is 0.319 e. The van der Waals surface area contributed by atoms with Crippen LogP contribution in [0.25, 0.3) is 5.69 Å². The van der Waals surface area contributed by atoms with E-state index >= 15 is 0 Å². The molecule has 9 heteroatoms. The van der Waals surface area contributed by atoms with E-state index in [9.17, 15) is 18.0 Å². The van der Waals surface area contributed by atoms with Crippen LogP contribution in [0.15, 0.2) is 42.9 Å². The molecule has 0 fully saturated rings. The molecule has 0 aliphatic heterocycles. The third-order valence-electron chi connectivity index (χ3n) is 4.01. The molecule has 0 aliphatic carbocycles. The molecule has 1 aromatic carbocycles. The smallest absolute Gasteiger partial charge is 0.319 e. The predicted molar refractivity (Wildman–Crippen MR) is 87.5 cm³/mol. The average molecular weight is 363 g/mol. The molecule has 3 aromatic rings. The van der Waals surface area contributed by atoms with Gasteiger partial charge in [-0.3, -0.25) is 9.36 Å². The number of benzene rings is 1. The summed E-state index contributed by atoms with van der Waals surface area (Å²) in [7, 11) is 1.48. The Bertz CT molecular complexity index is 934. The van der Waals surface area contributed by atoms with Gasteiger partial charge < -0.3 is 4.90 Å². The van der Waals surface area contributed by atoms with Crippen molar-refractivity contribution in [3.63, 3.8) is 0 Å². The highest BCUT2D eigenvalue weighted by Gasteiger charge is 2.22. The van der Waals surface area contributed by atoms with E-state index in [2.05, 4.69) is 10.1 Å². The Hall–Kier alpha value is -3.10. The molecule has 2 aromatic heterocycles. The molecule has 1 amide bonds. The van der Waals surface area contributed by atoms with Crippen LogP contribution in [0.4, 0.5) is 13.2 Å². The fourth-order valence-electron chi connectivity index (χ4n) is 2.62. The van der Waals surface area contributed by atoms with E-state index < -0.39 is 18.3 Å². The van der Waals surface area contributed by atoms with E-state index in [1.165, 1.54) is 35.1 Å². The molecule has 136 valence electrons. The van der Waals surface area contributed by atoms with Gasteiger partial charge >= 0.3 is 6.55 Å². The third kappa shape index (κ3) is 3.19. The van der Waals surface area contributed by atoms with Gasteiger partial charge in [0, 0.05) is 19.4 Å². The molecule has 0 N–H and O–H groups in total. The summed E-state index contributed by atoms with van der Waals surface area (Å²) in [5.74, 6) is -0.825. The first-order valence-electron chi connectivity index (χ1n) is 7.75. The molecule has 0 atom stereocenters. The van der Waals surface area contributed by atoms with Crippen molar-refractivity contribution in [2.24, 2.45) is 0 Å². The zero-order valence-corrected chi connectivity index (χ0v) is 14.1. The zero-order chi connectivity index (χ0) is 18.8. The van der Waals surface area contributed by atoms with Gasteiger partial charge in [-0.05, 0) is 19.1 Å². The second-order valence-electron chi connectivity index (χ2n) is 5.70. The Morgan fingerprint density at radius 1 is 1.31 bits per heavy atom. The quantitative estimate of drug-likeness (QED) is 0.700. The molecule has 6 nitrogen and oxygen atoms in total. The van der Waals surface area contributed by atoms with Gasteiger partial charge in [-0.15, -0.1) is 0 Å². The van der Waals surface area contributed by atoms with E-state index in [0.29, 0.717) is 10.3 Å². The maximum atomic E-state index is 14.0. The van der Waals surface area contributed by atoms with Crippen LogP contribution in [0, 0.1) is 12.7 Å². The van der Waals surface area contributed by atoms with Gasteiger partial charge in [-0.25, -0.2) is 14.1 Å². The van der Waals surface area contributed by atoms with Crippen LogP contribution >= 0.6 is 0 Å². The number of halogens is 3. The van der Waals surface area contributed by atoms with Gasteiger partial charge in [0.25, 0.3) is 5.91 Å². The lowest BCUT2D eigenvalue weighted by Crippen LogP contribution is -2.28. The molecule has 0 saturated heterocycles. The van der Waals surface area contributed by atoms with Crippen LogP contribution in [0.3, 0.4) is 0 Å². The number of imidazole rings is 1. The number of nitrogens with zero attached hydrogens (tertiary/aromatic N) is 5. The number of rotatable bonds is 5. The van der Waals surface area contributed by atoms with Crippen molar-refractivity contribution in [2.45, 2.75) is 20.0 Å². The van der Waals surface area contributed by atoms with E-state index in [1.54, 1.807) is 25.1 Å². The SMILES string of the molecule is Cc1c(C(=O)N(C)Cc2nccn2C(F)F)cnn1-c1ccccc1F. The summed E-state index contributed by atoms with van der Waals surface area (Å²) in [6, 6.07) is 6.07. The van der Waals surface area contributed by atoms with Gasteiger partial charge in [0.1, 0.15) is 17.3 Å². The number of para-hydroxylation sites is 1. The van der Waals surface area contributed by atoms with Gasteiger partial charge in [-0.1, -0.05) is 12.1 Å². The predicted octanol–water partition coefficient (Wildman–Crippen LogP) is 3.18. The summed E-state index contributed by atoms with van der Waals surface area (Å²) >= 11 is 0. The molecule has 0 aliphatic rings. The highest BCUT2D eigenvalue weighted by Crippen LogP contribution is 2.19. The van der Waals surface area contributed by atoms with Crippen molar-refractivity contribution in [3.05, 3.63) is 65.8 Å². The first-order chi connectivity index (χ1) is 12.4. The summed E-state index contributed by atoms with van der Waals surface area (Å²) in [5, 5.41) is 4.08. The summed E-state index contributed by atoms with van der Waals surface area (Å²) < 4.78 is 41.8. The number of hydrogen-bond donors (Lipinski definition) is 0. The van der Waals surface area contributed by atoms with E-state index in [-0.39, 0.29) is 23.6 Å². The fraction of sp³-hybridized carbons (Fsp3) is 0.235. The minimum atomic E-state index is -2.73. The van der Waals surface area contributed by atoms with Crippen molar-refractivity contribution < 1.29 is 18.0 Å². The second-order valence-corrected chi connectivity index (χ2v) is 5.70. The van der Waals surface area contributed by atoms with Crippen LogP contribution in [-0.2, 0) is 6.54 Å². The number of carbonyl (C=O) groups excluding carboxylic acids is 1. The first kappa shape index (κ1) is 17.7. The topological polar surface area (TPSA) is 56.0 Å². The Labute approximate surface area is 147 Å². The van der Waals surface area contributed by atoms with Gasteiger partial charge in [0.2, 0.25) is 0 Å². The van der Waals surface area contributed by atoms with Crippen molar-refractivity contribution in [1.82, 2.24) is 24.2 Å². The molecule has 0 unspecified atom stereocenters. The minimum Gasteiger partial charge on any atom is -0.334 e. The normalized spacial score (nSPS) is 11.2. The van der Waals surface area contributed by atoms with Crippen molar-refractivity contribution in [2.75, 3.05) is 7.05 Å². The summed E-state index contributed by atoms with van der Waals surface area (Å²) in [6.45, 7) is -1.19. The second kappa shape index (κ2) is 7.03. The van der Waals surface area contributed by atoms with Crippen molar-refractivity contribution >= 4 is 5.91 Å². The van der Waals surface area contributed by atoms with Gasteiger partial charge in [-0.2, -0.15) is 13.9 Å². The number of aromatic nitrogens is 4. The number of alkyl halides is 2. The summed E-state index contributed by atoms with van der Waals surface area (Å²) in [6.07, 6.45) is 3.74. The molecule has 0 saturated carbocycles. The molecular weight excluding hydrogens is 347 g/mol. The molecule has 2 heterocycles. The molecule has 26 heavy (non-hydrogen) atoms. The van der Waals surface area contributed by atoms with E-state index in [4.69, 9.17) is 0 Å². The highest BCUT2D eigenvalue weighted by atomic mass is 19.3. The zero-order valence-electron chi connectivity index (χ0n) is 14.1. The largest absolute Gasteiger partial charge is 0.334 e. The van der Waals surface area contributed by atoms with E-state index in [0.717, 1.165) is 6.20 Å². The summed E-state index contributed by atoms with van der Waals surface area (Å²) in [4.78, 5) is 17.8. The van der Waals surface area contributed by atoms with E-state index in [1.807, 2.05) is 0 Å². The van der Waals surface area contributed by atoms with Crippen molar-refractivity contribution in [3.8, 4) is 5.69 Å². The Kier molecular flexibility index (Phi) is 4.79. The molecule has 0 radical (unpaired) electrons. The number of amides is 1. The Balaban J connectivity index is 1.84. The first-order valence-corrected chi connectivity index (χ1v) is 7.75. The lowest BCUT2D eigenvalue weighted by Gasteiger charge is -2.17. The Morgan fingerprint density at radius 2 is 2.04 bits per heavy atom. The van der Waals surface area contributed by atoms with Crippen LogP contribution in [0.5, 0.6) is 0 Å². The lowest BCUT2D eigenvalue weighted by atomic mass is 10.2. The van der Waals surface area contributed by atoms with Crippen LogP contribution in [-0.4, -0.2) is 37.2 Å². The lowest BCUT2D eigenvalue weighted by molar-refractivity contribution is 0.0612. The number of carbonyl (C=O) groups is 1. The summed E-state index contributed by atoms with van der Waals surface area (Å²) in [5.41, 5.74) is 0.926.